The molecule has 1 aliphatic rings. The molecule has 0 aliphatic carbocycles. The van der Waals surface area contributed by atoms with Gasteiger partial charge < -0.3 is 15.0 Å². The largest absolute Gasteiger partial charge is 0.471 e. The lowest BCUT2D eigenvalue weighted by Crippen LogP contribution is -2.41. The molecule has 1 fully saturated rings. The Bertz CT molecular complexity index is 519. The molecule has 1 saturated heterocycles. The molecular formula is C15H21F2N3O2S. The van der Waals surface area contributed by atoms with E-state index in [0.29, 0.717) is 17.4 Å². The van der Waals surface area contributed by atoms with Crippen LogP contribution in [0.1, 0.15) is 18.9 Å². The number of hydrogen-bond donors (Lipinski definition) is 1. The maximum absolute atomic E-state index is 12.2. The number of nitrogens with one attached hydrogen (secondary N) is 1. The van der Waals surface area contributed by atoms with Gasteiger partial charge in [0.1, 0.15) is 0 Å². The molecule has 1 aromatic heterocycles. The number of amides is 2. The van der Waals surface area contributed by atoms with Crippen molar-refractivity contribution < 1.29 is 18.3 Å². The topological polar surface area (TPSA) is 54.5 Å². The summed E-state index contributed by atoms with van der Waals surface area (Å²) in [6.07, 6.45) is -0.121. The van der Waals surface area contributed by atoms with E-state index in [2.05, 4.69) is 17.2 Å². The Hall–Kier alpha value is -1.57. The monoisotopic (exact) mass is 345 g/mol. The van der Waals surface area contributed by atoms with Crippen molar-refractivity contribution in [1.29, 1.82) is 0 Å². The predicted octanol–water partition coefficient (Wildman–Crippen LogP) is 2.76. The van der Waals surface area contributed by atoms with Gasteiger partial charge in [0.25, 0.3) is 6.43 Å². The maximum atomic E-state index is 12.2. The maximum Gasteiger partial charge on any atom is 0.317 e. The fourth-order valence-corrected chi connectivity index (χ4v) is 3.21. The fourth-order valence-electron chi connectivity index (χ4n) is 2.21. The minimum absolute atomic E-state index is 0.133. The number of alkyl halides is 2. The third kappa shape index (κ3) is 5.85. The smallest absolute Gasteiger partial charge is 0.317 e. The van der Waals surface area contributed by atoms with Crippen molar-refractivity contribution in [3.05, 3.63) is 23.9 Å². The lowest BCUT2D eigenvalue weighted by molar-refractivity contribution is 0.0790. The second-order valence-corrected chi connectivity index (χ2v) is 6.83. The first-order valence-corrected chi connectivity index (χ1v) is 8.60. The summed E-state index contributed by atoms with van der Waals surface area (Å²) in [6.45, 7) is 3.09. The molecule has 0 bridgehead atoms. The van der Waals surface area contributed by atoms with E-state index in [4.69, 9.17) is 4.74 Å². The van der Waals surface area contributed by atoms with Gasteiger partial charge in [0.2, 0.25) is 5.88 Å². The zero-order chi connectivity index (χ0) is 16.7. The van der Waals surface area contributed by atoms with Gasteiger partial charge in [-0.15, -0.1) is 0 Å². The third-order valence-corrected chi connectivity index (χ3v) is 4.71. The average molecular weight is 345 g/mol. The van der Waals surface area contributed by atoms with Crippen LogP contribution >= 0.6 is 11.8 Å². The third-order valence-electron chi connectivity index (χ3n) is 3.48. The first kappa shape index (κ1) is 17.8. The number of halogens is 2. The number of pyridine rings is 1. The molecule has 5 nitrogen and oxygen atoms in total. The molecule has 2 rings (SSSR count). The summed E-state index contributed by atoms with van der Waals surface area (Å²) < 4.78 is 29.5. The minimum Gasteiger partial charge on any atom is -0.471 e. The Morgan fingerprint density at radius 3 is 3.17 bits per heavy atom. The number of aromatic nitrogens is 1. The highest BCUT2D eigenvalue weighted by Crippen LogP contribution is 2.19. The number of nitrogens with zero attached hydrogens (tertiary/aromatic N) is 2. The number of urea groups is 1. The van der Waals surface area contributed by atoms with Crippen LogP contribution in [0.25, 0.3) is 0 Å². The van der Waals surface area contributed by atoms with Gasteiger partial charge in [-0.2, -0.15) is 11.8 Å². The van der Waals surface area contributed by atoms with E-state index in [1.165, 1.54) is 6.20 Å². The SMILES string of the molecule is C[C@@H]1CCN(C(=O)NCc2cccnc2OCC(F)F)CCS1. The van der Waals surface area contributed by atoms with Crippen LogP contribution in [-0.4, -0.2) is 53.0 Å². The van der Waals surface area contributed by atoms with Crippen LogP contribution in [0.15, 0.2) is 18.3 Å². The molecule has 128 valence electrons. The van der Waals surface area contributed by atoms with E-state index in [9.17, 15) is 13.6 Å². The lowest BCUT2D eigenvalue weighted by atomic mass is 10.2. The molecule has 23 heavy (non-hydrogen) atoms. The van der Waals surface area contributed by atoms with Gasteiger partial charge in [-0.1, -0.05) is 13.0 Å². The summed E-state index contributed by atoms with van der Waals surface area (Å²) in [5.74, 6) is 1.05. The Balaban J connectivity index is 1.88. The van der Waals surface area contributed by atoms with Crippen molar-refractivity contribution in [3.8, 4) is 5.88 Å². The quantitative estimate of drug-likeness (QED) is 0.892. The van der Waals surface area contributed by atoms with Gasteiger partial charge >= 0.3 is 6.03 Å². The molecule has 0 spiro atoms. The number of rotatable bonds is 5. The summed E-state index contributed by atoms with van der Waals surface area (Å²) in [5.41, 5.74) is 0.582. The van der Waals surface area contributed by atoms with Crippen molar-refractivity contribution >= 4 is 17.8 Å². The van der Waals surface area contributed by atoms with Crippen molar-refractivity contribution in [2.24, 2.45) is 0 Å². The Labute approximate surface area is 138 Å². The highest BCUT2D eigenvalue weighted by Gasteiger charge is 2.19. The van der Waals surface area contributed by atoms with Gasteiger partial charge in [0.15, 0.2) is 6.61 Å². The van der Waals surface area contributed by atoms with Crippen LogP contribution in [-0.2, 0) is 6.54 Å². The van der Waals surface area contributed by atoms with Gasteiger partial charge in [0.05, 0.1) is 0 Å². The summed E-state index contributed by atoms with van der Waals surface area (Å²) in [4.78, 5) is 18.0. The second kappa shape index (κ2) is 8.90. The van der Waals surface area contributed by atoms with Crippen molar-refractivity contribution in [2.45, 2.75) is 31.6 Å². The molecule has 2 amide bonds. The average Bonchev–Trinajstić information content (AvgIpc) is 2.76. The zero-order valence-electron chi connectivity index (χ0n) is 13.0. The van der Waals surface area contributed by atoms with Crippen molar-refractivity contribution in [3.63, 3.8) is 0 Å². The Morgan fingerprint density at radius 2 is 2.39 bits per heavy atom. The van der Waals surface area contributed by atoms with Crippen LogP contribution in [0.2, 0.25) is 0 Å². The number of carbonyl (C=O) groups is 1. The molecule has 1 aliphatic heterocycles. The van der Waals surface area contributed by atoms with Crippen LogP contribution in [0, 0.1) is 0 Å². The highest BCUT2D eigenvalue weighted by atomic mass is 32.2. The number of thioether (sulfide) groups is 1. The molecule has 1 aromatic rings. The Kier molecular flexibility index (Phi) is 6.88. The molecule has 0 radical (unpaired) electrons. The first-order valence-electron chi connectivity index (χ1n) is 7.55. The van der Waals surface area contributed by atoms with Crippen molar-refractivity contribution in [1.82, 2.24) is 15.2 Å². The minimum atomic E-state index is -2.56. The Morgan fingerprint density at radius 1 is 1.57 bits per heavy atom. The standard InChI is InChI=1S/C15H21F2N3O2S/c1-11-4-6-20(7-8-23-11)15(21)19-9-12-3-2-5-18-14(12)22-10-13(16)17/h2-3,5,11,13H,4,6-10H2,1H3,(H,19,21)/t11-/m1/s1. The van der Waals surface area contributed by atoms with Gasteiger partial charge in [-0.05, 0) is 12.5 Å². The molecule has 0 saturated carbocycles. The summed E-state index contributed by atoms with van der Waals surface area (Å²) in [5, 5.41) is 3.37. The summed E-state index contributed by atoms with van der Waals surface area (Å²) in [6, 6.07) is 3.23. The fraction of sp³-hybridized carbons (Fsp3) is 0.600. The summed E-state index contributed by atoms with van der Waals surface area (Å²) in [7, 11) is 0. The van der Waals surface area contributed by atoms with E-state index in [-0.39, 0.29) is 18.5 Å². The van der Waals surface area contributed by atoms with Crippen molar-refractivity contribution in [2.75, 3.05) is 25.4 Å². The highest BCUT2D eigenvalue weighted by molar-refractivity contribution is 7.99. The molecule has 2 heterocycles. The molecule has 0 unspecified atom stereocenters. The van der Waals surface area contributed by atoms with E-state index < -0.39 is 13.0 Å². The molecular weight excluding hydrogens is 324 g/mol. The van der Waals surface area contributed by atoms with E-state index in [0.717, 1.165) is 18.7 Å². The van der Waals surface area contributed by atoms with Crippen LogP contribution in [0.4, 0.5) is 13.6 Å². The number of carbonyl (C=O) groups excluding carboxylic acids is 1. The van der Waals surface area contributed by atoms with E-state index in [1.807, 2.05) is 11.8 Å². The second-order valence-electron chi connectivity index (χ2n) is 5.29. The van der Waals surface area contributed by atoms with Gasteiger partial charge in [0, 0.05) is 42.4 Å². The number of hydrogen-bond acceptors (Lipinski definition) is 4. The first-order chi connectivity index (χ1) is 11.1. The van der Waals surface area contributed by atoms with E-state index in [1.54, 1.807) is 17.0 Å². The van der Waals surface area contributed by atoms with Crippen LogP contribution < -0.4 is 10.1 Å². The van der Waals surface area contributed by atoms with Gasteiger partial charge in [-0.25, -0.2) is 18.6 Å². The van der Waals surface area contributed by atoms with E-state index >= 15 is 0 Å². The molecule has 0 aromatic carbocycles. The molecule has 1 atom stereocenters. The lowest BCUT2D eigenvalue weighted by Gasteiger charge is -2.21. The normalized spacial score (nSPS) is 18.6. The van der Waals surface area contributed by atoms with Crippen LogP contribution in [0.5, 0.6) is 5.88 Å². The zero-order valence-corrected chi connectivity index (χ0v) is 13.8. The van der Waals surface area contributed by atoms with Crippen LogP contribution in [0.3, 0.4) is 0 Å². The van der Waals surface area contributed by atoms with Gasteiger partial charge in [-0.3, -0.25) is 0 Å². The number of ether oxygens (including phenoxy) is 1. The molecule has 8 heteroatoms. The molecule has 1 N–H and O–H groups in total. The summed E-state index contributed by atoms with van der Waals surface area (Å²) >= 11 is 1.86. The predicted molar refractivity (Wildman–Crippen MR) is 86.1 cm³/mol.